The molecular formula is C18H19FN4O5S. The van der Waals surface area contributed by atoms with Gasteiger partial charge in [-0.3, -0.25) is 14.9 Å². The summed E-state index contributed by atoms with van der Waals surface area (Å²) in [6, 6.07) is 9.21. The Morgan fingerprint density at radius 1 is 1.10 bits per heavy atom. The number of benzene rings is 2. The highest BCUT2D eigenvalue weighted by atomic mass is 32.2. The third-order valence-electron chi connectivity index (χ3n) is 4.70. The maximum absolute atomic E-state index is 13.0. The van der Waals surface area contributed by atoms with Gasteiger partial charge in [0.25, 0.3) is 5.69 Å². The Kier molecular flexibility index (Phi) is 5.80. The molecule has 1 saturated heterocycles. The molecule has 1 heterocycles. The number of halogens is 1. The van der Waals surface area contributed by atoms with Crippen molar-refractivity contribution in [2.45, 2.75) is 11.3 Å². The van der Waals surface area contributed by atoms with E-state index >= 15 is 0 Å². The van der Waals surface area contributed by atoms with Gasteiger partial charge < -0.3 is 9.80 Å². The zero-order valence-corrected chi connectivity index (χ0v) is 16.1. The first-order valence-electron chi connectivity index (χ1n) is 8.73. The molecule has 0 aromatic heterocycles. The molecule has 0 saturated carbocycles. The maximum atomic E-state index is 13.0. The molecule has 2 aromatic carbocycles. The lowest BCUT2D eigenvalue weighted by molar-refractivity contribution is -0.385. The summed E-state index contributed by atoms with van der Waals surface area (Å²) in [6.45, 7) is 1.38. The van der Waals surface area contributed by atoms with E-state index in [0.29, 0.717) is 31.7 Å². The van der Waals surface area contributed by atoms with Crippen LogP contribution in [0.15, 0.2) is 47.4 Å². The molecule has 9 nitrogen and oxygen atoms in total. The van der Waals surface area contributed by atoms with Gasteiger partial charge in [-0.05, 0) is 23.8 Å². The van der Waals surface area contributed by atoms with Crippen LogP contribution in [0.2, 0.25) is 0 Å². The van der Waals surface area contributed by atoms with Gasteiger partial charge in [0.2, 0.25) is 15.9 Å². The van der Waals surface area contributed by atoms with E-state index in [1.165, 1.54) is 24.3 Å². The Balaban J connectivity index is 1.71. The largest absolute Gasteiger partial charge is 0.367 e. The number of nitrogens with zero attached hydrogens (tertiary/aromatic N) is 3. The second kappa shape index (κ2) is 8.13. The van der Waals surface area contributed by atoms with Crippen LogP contribution in [-0.2, 0) is 21.2 Å². The second-order valence-corrected chi connectivity index (χ2v) is 8.16. The van der Waals surface area contributed by atoms with Gasteiger partial charge in [-0.1, -0.05) is 12.1 Å². The van der Waals surface area contributed by atoms with Crippen molar-refractivity contribution in [2.75, 3.05) is 31.1 Å². The van der Waals surface area contributed by atoms with Crippen molar-refractivity contribution in [2.24, 2.45) is 5.14 Å². The summed E-state index contributed by atoms with van der Waals surface area (Å²) in [5, 5.41) is 16.2. The van der Waals surface area contributed by atoms with E-state index in [1.807, 2.05) is 0 Å². The first kappa shape index (κ1) is 20.7. The summed E-state index contributed by atoms with van der Waals surface area (Å²) in [6.07, 6.45) is 0.139. The number of carbonyl (C=O) groups is 1. The summed E-state index contributed by atoms with van der Waals surface area (Å²) < 4.78 is 36.8. The fourth-order valence-corrected chi connectivity index (χ4v) is 3.96. The number of anilines is 1. The van der Waals surface area contributed by atoms with Gasteiger partial charge in [0.1, 0.15) is 10.7 Å². The van der Waals surface area contributed by atoms with E-state index in [2.05, 4.69) is 0 Å². The number of amides is 1. The SMILES string of the molecule is NS(=O)(=O)c1cc([N+](=O)[O-])ccc1N1CCN(C(=O)Cc2ccc(F)cc2)CC1. The predicted molar refractivity (Wildman–Crippen MR) is 103 cm³/mol. The number of primary sulfonamides is 1. The van der Waals surface area contributed by atoms with Crippen molar-refractivity contribution < 1.29 is 22.5 Å². The van der Waals surface area contributed by atoms with Crippen LogP contribution < -0.4 is 10.0 Å². The predicted octanol–water partition coefficient (Wildman–Crippen LogP) is 1.27. The first-order chi connectivity index (χ1) is 13.6. The highest BCUT2D eigenvalue weighted by molar-refractivity contribution is 7.89. The molecular weight excluding hydrogens is 403 g/mol. The van der Waals surface area contributed by atoms with Crippen LogP contribution in [0.25, 0.3) is 0 Å². The molecule has 154 valence electrons. The number of sulfonamides is 1. The van der Waals surface area contributed by atoms with Crippen molar-refractivity contribution in [3.63, 3.8) is 0 Å². The topological polar surface area (TPSA) is 127 Å². The van der Waals surface area contributed by atoms with E-state index in [9.17, 15) is 27.7 Å². The van der Waals surface area contributed by atoms with Crippen LogP contribution in [0.3, 0.4) is 0 Å². The van der Waals surface area contributed by atoms with Crippen molar-refractivity contribution in [1.29, 1.82) is 0 Å². The number of nitrogens with two attached hydrogens (primary N) is 1. The molecule has 11 heteroatoms. The minimum atomic E-state index is -4.17. The van der Waals surface area contributed by atoms with Crippen molar-refractivity contribution in [3.8, 4) is 0 Å². The van der Waals surface area contributed by atoms with Gasteiger partial charge in [-0.2, -0.15) is 0 Å². The number of hydrogen-bond acceptors (Lipinski definition) is 6. The Hall–Kier alpha value is -3.05. The third-order valence-corrected chi connectivity index (χ3v) is 5.64. The van der Waals surface area contributed by atoms with Gasteiger partial charge in [0, 0.05) is 38.3 Å². The number of nitro benzene ring substituents is 1. The first-order valence-corrected chi connectivity index (χ1v) is 10.3. The molecule has 0 bridgehead atoms. The zero-order valence-electron chi connectivity index (χ0n) is 15.3. The van der Waals surface area contributed by atoms with E-state index < -0.39 is 14.9 Å². The lowest BCUT2D eigenvalue weighted by Crippen LogP contribution is -2.49. The Morgan fingerprint density at radius 3 is 2.28 bits per heavy atom. The Morgan fingerprint density at radius 2 is 1.72 bits per heavy atom. The lowest BCUT2D eigenvalue weighted by atomic mass is 10.1. The highest BCUT2D eigenvalue weighted by Crippen LogP contribution is 2.29. The number of carbonyl (C=O) groups excluding carboxylic acids is 1. The molecule has 0 radical (unpaired) electrons. The Bertz CT molecular complexity index is 1030. The van der Waals surface area contributed by atoms with E-state index in [1.54, 1.807) is 21.9 Å². The molecule has 0 unspecified atom stereocenters. The number of non-ortho nitro benzene ring substituents is 1. The fraction of sp³-hybridized carbons (Fsp3) is 0.278. The van der Waals surface area contributed by atoms with Crippen LogP contribution >= 0.6 is 0 Å². The number of rotatable bonds is 5. The average Bonchev–Trinajstić information content (AvgIpc) is 2.68. The summed E-state index contributed by atoms with van der Waals surface area (Å²) in [5.41, 5.74) is 0.598. The van der Waals surface area contributed by atoms with E-state index in [0.717, 1.165) is 6.07 Å². The quantitative estimate of drug-likeness (QED) is 0.571. The standard InChI is InChI=1S/C18H19FN4O5S/c19-14-3-1-13(2-4-14)11-18(24)22-9-7-21(8-10-22)16-6-5-15(23(25)26)12-17(16)29(20,27)28/h1-6,12H,7-11H2,(H2,20,27,28). The molecule has 0 aliphatic carbocycles. The fourth-order valence-electron chi connectivity index (χ4n) is 3.19. The molecule has 2 N–H and O–H groups in total. The summed E-state index contributed by atoms with van der Waals surface area (Å²) in [4.78, 5) is 25.8. The van der Waals surface area contributed by atoms with Gasteiger partial charge in [-0.15, -0.1) is 0 Å². The van der Waals surface area contributed by atoms with E-state index in [-0.39, 0.29) is 34.4 Å². The molecule has 0 atom stereocenters. The van der Waals surface area contributed by atoms with Crippen molar-refractivity contribution in [3.05, 3.63) is 64.0 Å². The van der Waals surface area contributed by atoms with Crippen LogP contribution in [-0.4, -0.2) is 50.3 Å². The summed E-state index contributed by atoms with van der Waals surface area (Å²) >= 11 is 0. The number of nitro groups is 1. The molecule has 1 amide bonds. The molecule has 1 fully saturated rings. The second-order valence-electron chi connectivity index (χ2n) is 6.63. The zero-order chi connectivity index (χ0) is 21.2. The van der Waals surface area contributed by atoms with Crippen LogP contribution in [0.4, 0.5) is 15.8 Å². The van der Waals surface area contributed by atoms with Crippen LogP contribution in [0.1, 0.15) is 5.56 Å². The van der Waals surface area contributed by atoms with Crippen molar-refractivity contribution in [1.82, 2.24) is 4.90 Å². The maximum Gasteiger partial charge on any atom is 0.270 e. The van der Waals surface area contributed by atoms with Gasteiger partial charge in [0.05, 0.1) is 17.0 Å². The average molecular weight is 422 g/mol. The van der Waals surface area contributed by atoms with Gasteiger partial charge in [0.15, 0.2) is 0 Å². The van der Waals surface area contributed by atoms with Crippen molar-refractivity contribution >= 4 is 27.3 Å². The Labute approximate surface area is 166 Å². The molecule has 0 spiro atoms. The van der Waals surface area contributed by atoms with Crippen LogP contribution in [0, 0.1) is 15.9 Å². The molecule has 3 rings (SSSR count). The number of hydrogen-bond donors (Lipinski definition) is 1. The third kappa shape index (κ3) is 4.87. The van der Waals surface area contributed by atoms with Gasteiger partial charge >= 0.3 is 0 Å². The molecule has 2 aromatic rings. The minimum absolute atomic E-state index is 0.119. The number of piperazine rings is 1. The molecule has 29 heavy (non-hydrogen) atoms. The smallest absolute Gasteiger partial charge is 0.270 e. The molecule has 1 aliphatic heterocycles. The normalized spacial score (nSPS) is 14.7. The highest BCUT2D eigenvalue weighted by Gasteiger charge is 2.26. The van der Waals surface area contributed by atoms with Gasteiger partial charge in [-0.25, -0.2) is 17.9 Å². The monoisotopic (exact) mass is 422 g/mol. The van der Waals surface area contributed by atoms with E-state index in [4.69, 9.17) is 5.14 Å². The summed E-state index contributed by atoms with van der Waals surface area (Å²) in [5.74, 6) is -0.491. The minimum Gasteiger partial charge on any atom is -0.367 e. The van der Waals surface area contributed by atoms with Crippen LogP contribution in [0.5, 0.6) is 0 Å². The summed E-state index contributed by atoms with van der Waals surface area (Å²) in [7, 11) is -4.17. The lowest BCUT2D eigenvalue weighted by Gasteiger charge is -2.36. The molecule has 1 aliphatic rings.